The van der Waals surface area contributed by atoms with E-state index in [1.807, 2.05) is 175 Å². The standard InChI is InChI=1S/C23H28N4.C22H21N3.2C21H20N4.C19H22N4/c1-15-10-8-11-16-18(15)19-17(23(4,5)22(16,2)3)14-25-21(27(19)7)20-24-12-9-13-26(20)6;1-16-9-4-6-11-18(16)20-15-17-10-5-7-12-19(17)21(25(20)3)22-23-13-8-14-24(22)2;1-15-9-10-16-7-4-5-8-17(16)19(15)18-11-13-23-21(25(18)3)20-22-12-6-14-24(20)2;1-15-13-16-7-4-5-8-17(16)14-18(15)19-9-11-23-21(25(19)3)20-22-10-6-12-24(20)2;1-13-8-6-7-9-16(13)17-12-15(3)21-19(23(17)5)18-20-14(2)10-11-22(18)4/h8-14H,1-7H3;4-15H,1-3H3;2*4-14H,1-3H3;6-12H,1-5H3/q5*+2. The number of pyridine rings is 1. The minimum Gasteiger partial charge on any atom is -0.228 e. The van der Waals surface area contributed by atoms with E-state index in [-0.39, 0.29) is 10.8 Å². The summed E-state index contributed by atoms with van der Waals surface area (Å²) in [6.45, 7) is 24.2. The summed E-state index contributed by atoms with van der Waals surface area (Å²) >= 11 is 0. The molecule has 0 unspecified atom stereocenters. The molecule has 0 spiro atoms. The molecule has 10 aromatic heterocycles. The molecule has 0 fully saturated rings. The molecule has 620 valence electrons. The van der Waals surface area contributed by atoms with Crippen LogP contribution >= 0.6 is 0 Å². The van der Waals surface area contributed by atoms with Gasteiger partial charge in [0.15, 0.2) is 11.4 Å². The number of benzene rings is 8. The van der Waals surface area contributed by atoms with Crippen LogP contribution < -0.4 is 45.7 Å². The number of hydrogen-bond donors (Lipinski definition) is 0. The summed E-state index contributed by atoms with van der Waals surface area (Å²) in [6.07, 6.45) is 23.1. The van der Waals surface area contributed by atoms with Crippen molar-refractivity contribution in [3.63, 3.8) is 0 Å². The Bertz CT molecular complexity index is 7170. The van der Waals surface area contributed by atoms with Crippen molar-refractivity contribution in [2.45, 2.75) is 87.0 Å². The van der Waals surface area contributed by atoms with Crippen LogP contribution in [0.15, 0.2) is 293 Å². The normalized spacial score (nSPS) is 12.2. The summed E-state index contributed by atoms with van der Waals surface area (Å²) in [5.74, 6) is 7.79. The Hall–Kier alpha value is -14.6. The fourth-order valence-corrected chi connectivity index (χ4v) is 17.2. The van der Waals surface area contributed by atoms with Crippen LogP contribution in [0.2, 0.25) is 0 Å². The molecule has 125 heavy (non-hydrogen) atoms. The largest absolute Gasteiger partial charge is 0.418 e. The van der Waals surface area contributed by atoms with Gasteiger partial charge < -0.3 is 0 Å². The number of rotatable bonds is 9. The maximum atomic E-state index is 4.87. The topological polar surface area (TPSA) is 155 Å². The molecule has 19 rings (SSSR count). The summed E-state index contributed by atoms with van der Waals surface area (Å²) < 4.78 is 20.9. The lowest BCUT2D eigenvalue weighted by Crippen LogP contribution is -2.50. The van der Waals surface area contributed by atoms with Gasteiger partial charge in [0.25, 0.3) is 0 Å². The number of fused-ring (bicyclic) bond motifs is 6. The molecule has 19 nitrogen and oxygen atoms in total. The van der Waals surface area contributed by atoms with Crippen LogP contribution in [0.1, 0.15) is 78.0 Å². The Morgan fingerprint density at radius 1 is 0.240 bits per heavy atom. The third-order valence-electron chi connectivity index (χ3n) is 24.8. The van der Waals surface area contributed by atoms with Crippen molar-refractivity contribution < 1.29 is 45.7 Å². The van der Waals surface area contributed by atoms with Crippen LogP contribution in [-0.2, 0) is 81.3 Å². The van der Waals surface area contributed by atoms with Gasteiger partial charge >= 0.3 is 58.1 Å². The monoisotopic (exact) mass is 1650 g/mol. The van der Waals surface area contributed by atoms with Crippen LogP contribution in [0.25, 0.3) is 147 Å². The average molecular weight is 1650 g/mol. The van der Waals surface area contributed by atoms with Crippen molar-refractivity contribution in [3.8, 4) is 114 Å². The van der Waals surface area contributed by atoms with Gasteiger partial charge in [-0.15, -0.1) is 0 Å². The van der Waals surface area contributed by atoms with Crippen molar-refractivity contribution in [2.24, 2.45) is 70.5 Å². The van der Waals surface area contributed by atoms with E-state index in [1.165, 1.54) is 110 Å². The highest BCUT2D eigenvalue weighted by Crippen LogP contribution is 2.53. The molecule has 1 aliphatic carbocycles. The van der Waals surface area contributed by atoms with E-state index in [4.69, 9.17) is 9.97 Å². The zero-order valence-electron chi connectivity index (χ0n) is 75.7. The molecule has 0 atom stereocenters. The molecule has 0 bridgehead atoms. The van der Waals surface area contributed by atoms with E-state index in [9.17, 15) is 0 Å². The van der Waals surface area contributed by atoms with Crippen LogP contribution in [-0.4, -0.2) is 44.9 Å². The van der Waals surface area contributed by atoms with Crippen LogP contribution in [0.5, 0.6) is 0 Å². The van der Waals surface area contributed by atoms with E-state index in [1.54, 1.807) is 12.4 Å². The molecule has 0 saturated carbocycles. The fraction of sp³-hybridized carbons (Fsp3) is 0.217. The lowest BCUT2D eigenvalue weighted by Gasteiger charge is -2.47. The zero-order valence-corrected chi connectivity index (χ0v) is 75.7. The minimum atomic E-state index is -0.0429. The van der Waals surface area contributed by atoms with Gasteiger partial charge in [-0.05, 0) is 163 Å². The van der Waals surface area contributed by atoms with E-state index < -0.39 is 0 Å². The summed E-state index contributed by atoms with van der Waals surface area (Å²) in [7, 11) is 20.4. The van der Waals surface area contributed by atoms with Gasteiger partial charge in [0.2, 0.25) is 5.69 Å². The summed E-state index contributed by atoms with van der Waals surface area (Å²) in [4.78, 5) is 41.7. The minimum absolute atomic E-state index is 0.00716. The second-order valence-electron chi connectivity index (χ2n) is 33.6. The predicted octanol–water partition coefficient (Wildman–Crippen LogP) is 15.1. The maximum absolute atomic E-state index is 4.87. The smallest absolute Gasteiger partial charge is 0.228 e. The fourth-order valence-electron chi connectivity index (χ4n) is 17.2. The molecular formula is C106H111N19+10. The average Bonchev–Trinajstić information content (AvgIpc) is 0.700. The van der Waals surface area contributed by atoms with Crippen LogP contribution in [0.3, 0.4) is 0 Å². The van der Waals surface area contributed by atoms with E-state index >= 15 is 0 Å². The van der Waals surface area contributed by atoms with Gasteiger partial charge in [0, 0.05) is 107 Å². The van der Waals surface area contributed by atoms with Gasteiger partial charge in [0.05, 0.1) is 99.8 Å². The molecule has 0 aliphatic heterocycles. The van der Waals surface area contributed by atoms with E-state index in [0.717, 1.165) is 86.6 Å². The molecule has 0 amide bonds. The van der Waals surface area contributed by atoms with Gasteiger partial charge in [-0.1, -0.05) is 173 Å². The third kappa shape index (κ3) is 16.8. The van der Waals surface area contributed by atoms with Crippen LogP contribution in [0, 0.1) is 48.5 Å². The Balaban J connectivity index is 0.000000121. The molecular weight excluding hydrogens is 1540 g/mol. The predicted molar refractivity (Wildman–Crippen MR) is 490 cm³/mol. The molecule has 18 aromatic rings. The van der Waals surface area contributed by atoms with Gasteiger partial charge in [0.1, 0.15) is 73.2 Å². The number of aryl methyl sites for hydroxylation is 12. The van der Waals surface area contributed by atoms with E-state index in [2.05, 4.69) is 333 Å². The van der Waals surface area contributed by atoms with Crippen molar-refractivity contribution in [3.05, 3.63) is 343 Å². The Labute approximate surface area is 733 Å². The first-order chi connectivity index (χ1) is 60.1. The summed E-state index contributed by atoms with van der Waals surface area (Å²) in [5, 5.41) is 7.42. The quantitative estimate of drug-likeness (QED) is 0.128. The number of aromatic nitrogens is 19. The lowest BCUT2D eigenvalue weighted by atomic mass is 9.56. The molecule has 0 saturated heterocycles. The third-order valence-corrected chi connectivity index (χ3v) is 24.8. The maximum Gasteiger partial charge on any atom is 0.418 e. The zero-order chi connectivity index (χ0) is 88.3. The van der Waals surface area contributed by atoms with Crippen molar-refractivity contribution in [2.75, 3.05) is 0 Å². The van der Waals surface area contributed by atoms with Gasteiger partial charge in [-0.2, -0.15) is 4.57 Å². The molecule has 0 N–H and O–H groups in total. The van der Waals surface area contributed by atoms with E-state index in [0.29, 0.717) is 0 Å². The second-order valence-corrected chi connectivity index (χ2v) is 33.6. The summed E-state index contributed by atoms with van der Waals surface area (Å²) in [6, 6.07) is 76.2. The highest BCUT2D eigenvalue weighted by Gasteiger charge is 2.50. The van der Waals surface area contributed by atoms with Crippen molar-refractivity contribution in [1.82, 2.24) is 44.9 Å². The first-order valence-corrected chi connectivity index (χ1v) is 42.3. The first kappa shape index (κ1) is 85.4. The van der Waals surface area contributed by atoms with Crippen molar-refractivity contribution in [1.29, 1.82) is 0 Å². The highest BCUT2D eigenvalue weighted by atomic mass is 15.2. The number of nitrogens with zero attached hydrogens (tertiary/aromatic N) is 19. The Morgan fingerprint density at radius 2 is 0.680 bits per heavy atom. The molecule has 8 aromatic carbocycles. The first-order valence-electron chi connectivity index (χ1n) is 42.3. The number of hydrogen-bond acceptors (Lipinski definition) is 9. The van der Waals surface area contributed by atoms with Crippen LogP contribution in [0.4, 0.5) is 0 Å². The highest BCUT2D eigenvalue weighted by molar-refractivity contribution is 5.97. The SMILES string of the molecule is Cc1cc2ccccc2cc1-c1ccnc(-c2nccc[n+]2C)[n+]1C.Cc1cc[n+](C)c(-c2nc(C)cc(-c3ccccc3C)[n+]2C)n1.Cc1ccc2ccccc2c1-c1ccnc(-c2nccc[n+]2C)[n+]1C.Cc1cccc2c1-c1c(cnc(-c3nccc[n+]3C)[n+]1C)C(C)(C)C2(C)C.Cc1ccccc1-c1cc2ccccc2c(-c2nccc[n+]2C)[n+]1C. The Morgan fingerprint density at radius 3 is 1.26 bits per heavy atom. The van der Waals surface area contributed by atoms with Crippen molar-refractivity contribution >= 4 is 32.3 Å². The van der Waals surface area contributed by atoms with Gasteiger partial charge in [-0.25, -0.2) is 41.1 Å². The molecule has 1 aliphatic rings. The Kier molecular flexibility index (Phi) is 24.5. The van der Waals surface area contributed by atoms with Gasteiger partial charge in [-0.3, -0.25) is 0 Å². The second kappa shape index (κ2) is 35.8. The molecule has 0 radical (unpaired) electrons. The lowest BCUT2D eigenvalue weighted by molar-refractivity contribution is -0.689. The summed E-state index contributed by atoms with van der Waals surface area (Å²) in [5.41, 5.74) is 24.2. The molecule has 19 heteroatoms. The molecule has 10 heterocycles.